The van der Waals surface area contributed by atoms with Crippen LogP contribution in [-0.4, -0.2) is 35.3 Å². The van der Waals surface area contributed by atoms with Crippen molar-refractivity contribution in [2.45, 2.75) is 4.83 Å². The third-order valence-electron chi connectivity index (χ3n) is 2.78. The number of alkyl halides is 1. The van der Waals surface area contributed by atoms with Gasteiger partial charge in [-0.15, -0.1) is 0 Å². The molecule has 1 N–H and O–H groups in total. The molecule has 1 aromatic heterocycles. The fourth-order valence-electron chi connectivity index (χ4n) is 1.78. The average Bonchev–Trinajstić information content (AvgIpc) is 2.50. The molecule has 6 heteroatoms. The number of hydrogen-bond acceptors (Lipinski definition) is 4. The van der Waals surface area contributed by atoms with Crippen molar-refractivity contribution in [2.75, 3.05) is 13.7 Å². The summed E-state index contributed by atoms with van der Waals surface area (Å²) in [7, 11) is 1.30. The van der Waals surface area contributed by atoms with Crippen molar-refractivity contribution in [1.82, 2.24) is 10.3 Å². The second-order valence-corrected chi connectivity index (χ2v) is 5.19. The van der Waals surface area contributed by atoms with Gasteiger partial charge in [0.15, 0.2) is 0 Å². The zero-order valence-corrected chi connectivity index (χ0v) is 12.4. The van der Waals surface area contributed by atoms with Gasteiger partial charge in [-0.3, -0.25) is 14.6 Å². The van der Waals surface area contributed by atoms with Crippen LogP contribution >= 0.6 is 15.9 Å². The van der Waals surface area contributed by atoms with Crippen molar-refractivity contribution >= 4 is 38.7 Å². The third kappa shape index (κ3) is 3.14. The van der Waals surface area contributed by atoms with E-state index in [-0.39, 0.29) is 12.5 Å². The van der Waals surface area contributed by atoms with Crippen molar-refractivity contribution in [1.29, 1.82) is 0 Å². The molecule has 1 amide bonds. The standard InChI is InChI=1S/C14H13BrN2O3/c1-20-14(19)11(15)8-17-13(18)10-6-2-4-9-5-3-7-16-12(9)10/h2-7,11H,8H2,1H3,(H,17,18). The molecule has 0 fully saturated rings. The van der Waals surface area contributed by atoms with Gasteiger partial charge in [-0.2, -0.15) is 0 Å². The molecule has 0 aliphatic heterocycles. The number of benzene rings is 1. The van der Waals surface area contributed by atoms with Gasteiger partial charge in [0.1, 0.15) is 4.83 Å². The first kappa shape index (κ1) is 14.5. The Labute approximate surface area is 124 Å². The van der Waals surface area contributed by atoms with Crippen LogP contribution in [-0.2, 0) is 9.53 Å². The number of carbonyl (C=O) groups is 2. The van der Waals surface area contributed by atoms with Crippen LogP contribution in [0.3, 0.4) is 0 Å². The van der Waals surface area contributed by atoms with Gasteiger partial charge in [-0.1, -0.05) is 34.1 Å². The highest BCUT2D eigenvalue weighted by Crippen LogP contribution is 2.15. The number of amides is 1. The van der Waals surface area contributed by atoms with Crippen LogP contribution < -0.4 is 5.32 Å². The van der Waals surface area contributed by atoms with Crippen molar-refractivity contribution in [3.63, 3.8) is 0 Å². The molecular formula is C14H13BrN2O3. The molecular weight excluding hydrogens is 324 g/mol. The smallest absolute Gasteiger partial charge is 0.321 e. The van der Waals surface area contributed by atoms with Gasteiger partial charge in [-0.05, 0) is 12.1 Å². The van der Waals surface area contributed by atoms with Gasteiger partial charge >= 0.3 is 5.97 Å². The molecule has 5 nitrogen and oxygen atoms in total. The van der Waals surface area contributed by atoms with E-state index in [1.54, 1.807) is 18.3 Å². The summed E-state index contributed by atoms with van der Waals surface area (Å²) in [5.74, 6) is -0.705. The highest BCUT2D eigenvalue weighted by atomic mass is 79.9. The third-order valence-corrected chi connectivity index (χ3v) is 3.47. The van der Waals surface area contributed by atoms with E-state index in [1.807, 2.05) is 18.2 Å². The molecule has 0 saturated heterocycles. The number of carbonyl (C=O) groups excluding carboxylic acids is 2. The number of fused-ring (bicyclic) bond motifs is 1. The normalized spacial score (nSPS) is 11.9. The van der Waals surface area contributed by atoms with E-state index in [0.717, 1.165) is 5.39 Å². The van der Waals surface area contributed by atoms with Crippen LogP contribution in [0.25, 0.3) is 10.9 Å². The van der Waals surface area contributed by atoms with Crippen molar-refractivity contribution in [3.05, 3.63) is 42.1 Å². The minimum atomic E-state index is -0.570. The minimum absolute atomic E-state index is 0.148. The lowest BCUT2D eigenvalue weighted by molar-refractivity contribution is -0.139. The Balaban J connectivity index is 2.14. The van der Waals surface area contributed by atoms with Crippen molar-refractivity contribution in [3.8, 4) is 0 Å². The van der Waals surface area contributed by atoms with E-state index in [2.05, 4.69) is 31.0 Å². The molecule has 20 heavy (non-hydrogen) atoms. The zero-order chi connectivity index (χ0) is 14.5. The Bertz CT molecular complexity index is 640. The summed E-state index contributed by atoms with van der Waals surface area (Å²) in [6.07, 6.45) is 1.64. The SMILES string of the molecule is COC(=O)C(Br)CNC(=O)c1cccc2cccnc12. The highest BCUT2D eigenvalue weighted by Gasteiger charge is 2.17. The Kier molecular flexibility index (Phi) is 4.68. The lowest BCUT2D eigenvalue weighted by atomic mass is 10.1. The number of ether oxygens (including phenoxy) is 1. The fourth-order valence-corrected chi connectivity index (χ4v) is 2.12. The van der Waals surface area contributed by atoms with Gasteiger partial charge < -0.3 is 10.1 Å². The number of para-hydroxylation sites is 1. The molecule has 0 bridgehead atoms. The van der Waals surface area contributed by atoms with E-state index in [9.17, 15) is 9.59 Å². The van der Waals surface area contributed by atoms with Crippen LogP contribution in [0, 0.1) is 0 Å². The lowest BCUT2D eigenvalue weighted by Crippen LogP contribution is -2.34. The summed E-state index contributed by atoms with van der Waals surface area (Å²) in [5, 5.41) is 3.57. The van der Waals surface area contributed by atoms with E-state index in [1.165, 1.54) is 7.11 Å². The number of rotatable bonds is 4. The predicted molar refractivity (Wildman–Crippen MR) is 78.8 cm³/mol. The maximum Gasteiger partial charge on any atom is 0.321 e. The number of pyridine rings is 1. The molecule has 2 rings (SSSR count). The van der Waals surface area contributed by atoms with Gasteiger partial charge in [-0.25, -0.2) is 0 Å². The number of hydrogen-bond donors (Lipinski definition) is 1. The Morgan fingerprint density at radius 3 is 2.85 bits per heavy atom. The summed E-state index contributed by atoms with van der Waals surface area (Å²) in [5.41, 5.74) is 1.12. The van der Waals surface area contributed by atoms with Gasteiger partial charge in [0.25, 0.3) is 5.91 Å². The zero-order valence-electron chi connectivity index (χ0n) is 10.8. The summed E-state index contributed by atoms with van der Waals surface area (Å²) >= 11 is 3.15. The topological polar surface area (TPSA) is 68.3 Å². The monoisotopic (exact) mass is 336 g/mol. The molecule has 1 aromatic carbocycles. The summed E-state index contributed by atoms with van der Waals surface area (Å²) in [6, 6.07) is 9.09. The summed E-state index contributed by atoms with van der Waals surface area (Å²) in [4.78, 5) is 27.0. The second kappa shape index (κ2) is 6.47. The van der Waals surface area contributed by atoms with Gasteiger partial charge in [0, 0.05) is 18.1 Å². The first-order chi connectivity index (χ1) is 9.63. The number of nitrogens with one attached hydrogen (secondary N) is 1. The van der Waals surface area contributed by atoms with Crippen LogP contribution in [0.4, 0.5) is 0 Å². The van der Waals surface area contributed by atoms with Gasteiger partial charge in [0.05, 0.1) is 18.2 Å². The molecule has 0 spiro atoms. The lowest BCUT2D eigenvalue weighted by Gasteiger charge is -2.10. The Hall–Kier alpha value is -1.95. The molecule has 1 unspecified atom stereocenters. The molecule has 1 heterocycles. The van der Waals surface area contributed by atoms with Crippen LogP contribution in [0.15, 0.2) is 36.5 Å². The molecule has 0 radical (unpaired) electrons. The van der Waals surface area contributed by atoms with E-state index < -0.39 is 10.8 Å². The van der Waals surface area contributed by atoms with Crippen molar-refractivity contribution < 1.29 is 14.3 Å². The predicted octanol–water partition coefficient (Wildman–Crippen LogP) is 1.90. The molecule has 0 aliphatic carbocycles. The number of halogens is 1. The highest BCUT2D eigenvalue weighted by molar-refractivity contribution is 9.10. The van der Waals surface area contributed by atoms with Gasteiger partial charge in [0.2, 0.25) is 0 Å². The summed E-state index contributed by atoms with van der Waals surface area (Å²) < 4.78 is 4.57. The quantitative estimate of drug-likeness (QED) is 0.684. The largest absolute Gasteiger partial charge is 0.468 e. The van der Waals surface area contributed by atoms with Crippen LogP contribution in [0.2, 0.25) is 0 Å². The number of nitrogens with zero attached hydrogens (tertiary/aromatic N) is 1. The molecule has 2 aromatic rings. The van der Waals surface area contributed by atoms with E-state index in [0.29, 0.717) is 11.1 Å². The molecule has 0 aliphatic rings. The first-order valence-electron chi connectivity index (χ1n) is 5.97. The molecule has 1 atom stereocenters. The van der Waals surface area contributed by atoms with E-state index in [4.69, 9.17) is 0 Å². The summed E-state index contributed by atoms with van der Waals surface area (Å²) in [6.45, 7) is 0.148. The average molecular weight is 337 g/mol. The van der Waals surface area contributed by atoms with Crippen molar-refractivity contribution in [2.24, 2.45) is 0 Å². The molecule has 0 saturated carbocycles. The first-order valence-corrected chi connectivity index (χ1v) is 6.89. The maximum absolute atomic E-state index is 12.1. The van der Waals surface area contributed by atoms with Crippen LogP contribution in [0.1, 0.15) is 10.4 Å². The number of methoxy groups -OCH3 is 1. The minimum Gasteiger partial charge on any atom is -0.468 e. The number of aromatic nitrogens is 1. The Morgan fingerprint density at radius 2 is 2.10 bits per heavy atom. The number of esters is 1. The maximum atomic E-state index is 12.1. The van der Waals surface area contributed by atoms with E-state index >= 15 is 0 Å². The molecule has 104 valence electrons. The Morgan fingerprint density at radius 1 is 1.35 bits per heavy atom. The van der Waals surface area contributed by atoms with Crippen LogP contribution in [0.5, 0.6) is 0 Å². The fraction of sp³-hybridized carbons (Fsp3) is 0.214. The second-order valence-electron chi connectivity index (χ2n) is 4.08.